The molecule has 0 saturated heterocycles. The van der Waals surface area contributed by atoms with E-state index in [2.05, 4.69) is 56.8 Å². The number of rotatable bonds is 8. The van der Waals surface area contributed by atoms with E-state index in [-0.39, 0.29) is 12.6 Å². The molecule has 0 spiro atoms. The molecule has 0 atom stereocenters. The molecule has 0 unspecified atom stereocenters. The molecular formula is C28H36O3. The highest BCUT2D eigenvalue weighted by atomic mass is 16.5. The molecule has 1 aliphatic carbocycles. The summed E-state index contributed by atoms with van der Waals surface area (Å²) in [4.78, 5) is 11.7. The zero-order valence-electron chi connectivity index (χ0n) is 19.2. The van der Waals surface area contributed by atoms with E-state index in [1.54, 1.807) is 6.92 Å². The summed E-state index contributed by atoms with van der Waals surface area (Å²) in [6.07, 6.45) is 6.47. The van der Waals surface area contributed by atoms with E-state index < -0.39 is 0 Å². The maximum absolute atomic E-state index is 11.7. The van der Waals surface area contributed by atoms with Gasteiger partial charge >= 0.3 is 5.97 Å². The summed E-state index contributed by atoms with van der Waals surface area (Å²) in [6, 6.07) is 13.3. The van der Waals surface area contributed by atoms with Crippen molar-refractivity contribution < 1.29 is 14.6 Å². The number of carbonyl (C=O) groups is 1. The Morgan fingerprint density at radius 2 is 1.81 bits per heavy atom. The minimum absolute atomic E-state index is 0.103. The Morgan fingerprint density at radius 1 is 1.06 bits per heavy atom. The molecule has 0 aliphatic heterocycles. The predicted molar refractivity (Wildman–Crippen MR) is 127 cm³/mol. The van der Waals surface area contributed by atoms with Crippen molar-refractivity contribution in [3.8, 4) is 11.1 Å². The number of ether oxygens (including phenoxy) is 1. The minimum Gasteiger partial charge on any atom is -0.462 e. The Labute approximate surface area is 187 Å². The summed E-state index contributed by atoms with van der Waals surface area (Å²) in [5, 5.41) is 9.43. The molecule has 3 heteroatoms. The number of hydrogen-bond donors (Lipinski definition) is 1. The van der Waals surface area contributed by atoms with Crippen molar-refractivity contribution in [2.75, 3.05) is 13.2 Å². The zero-order chi connectivity index (χ0) is 22.4. The second-order valence-electron chi connectivity index (χ2n) is 9.15. The molecule has 0 aromatic heterocycles. The first-order valence-electron chi connectivity index (χ1n) is 11.5. The van der Waals surface area contributed by atoms with Gasteiger partial charge in [0.15, 0.2) is 0 Å². The summed E-state index contributed by atoms with van der Waals surface area (Å²) in [5.74, 6) is 1.19. The third-order valence-electron chi connectivity index (χ3n) is 6.59. The van der Waals surface area contributed by atoms with Crippen LogP contribution in [0, 0.1) is 12.8 Å². The van der Waals surface area contributed by atoms with Gasteiger partial charge in [0.1, 0.15) is 0 Å². The lowest BCUT2D eigenvalue weighted by Gasteiger charge is -2.27. The lowest BCUT2D eigenvalue weighted by Crippen LogP contribution is -2.11. The van der Waals surface area contributed by atoms with Crippen LogP contribution in [0.2, 0.25) is 0 Å². The Bertz CT molecular complexity index is 920. The first kappa shape index (κ1) is 23.3. The van der Waals surface area contributed by atoms with Crippen molar-refractivity contribution in [3.63, 3.8) is 0 Å². The molecule has 31 heavy (non-hydrogen) atoms. The van der Waals surface area contributed by atoms with Crippen molar-refractivity contribution in [2.24, 2.45) is 5.92 Å². The molecular weight excluding hydrogens is 384 g/mol. The molecule has 0 radical (unpaired) electrons. The number of benzene rings is 2. The van der Waals surface area contributed by atoms with E-state index in [1.165, 1.54) is 47.9 Å². The van der Waals surface area contributed by atoms with E-state index >= 15 is 0 Å². The largest absolute Gasteiger partial charge is 0.462 e. The molecule has 0 heterocycles. The highest BCUT2D eigenvalue weighted by molar-refractivity contribution is 5.86. The van der Waals surface area contributed by atoms with E-state index in [4.69, 9.17) is 4.74 Å². The number of aliphatic hydroxyl groups is 1. The van der Waals surface area contributed by atoms with Crippen molar-refractivity contribution in [1.29, 1.82) is 0 Å². The van der Waals surface area contributed by atoms with Crippen LogP contribution in [0.5, 0.6) is 0 Å². The normalized spacial score (nSPS) is 18.6. The molecule has 166 valence electrons. The number of hydrogen-bond acceptors (Lipinski definition) is 3. The molecule has 1 N–H and O–H groups in total. The van der Waals surface area contributed by atoms with Crippen molar-refractivity contribution in [2.45, 2.75) is 65.2 Å². The van der Waals surface area contributed by atoms with Gasteiger partial charge in [-0.05, 0) is 78.3 Å². The van der Waals surface area contributed by atoms with Crippen molar-refractivity contribution in [1.82, 2.24) is 0 Å². The van der Waals surface area contributed by atoms with Gasteiger partial charge < -0.3 is 9.84 Å². The van der Waals surface area contributed by atoms with Crippen LogP contribution in [0.3, 0.4) is 0 Å². The standard InChI is InChI=1S/C28H36O3/c1-19(2)28(30)31-16-14-25-18-26(10-9-23(25)13-15-29)27-12-11-24(17-21(27)4)22-7-5-20(3)6-8-22/h9-12,17-18,20,22,29H,1,5-8,13-16H2,2-4H3. The number of aliphatic hydroxyl groups excluding tert-OH is 1. The summed E-state index contributed by atoms with van der Waals surface area (Å²) >= 11 is 0. The highest BCUT2D eigenvalue weighted by Crippen LogP contribution is 2.37. The average Bonchev–Trinajstić information content (AvgIpc) is 2.75. The third kappa shape index (κ3) is 6.07. The SMILES string of the molecule is C=C(C)C(=O)OCCc1cc(-c2ccc(C3CCC(C)CC3)cc2C)ccc1CCO. The van der Waals surface area contributed by atoms with Crippen LogP contribution < -0.4 is 0 Å². The molecule has 1 aliphatic rings. The van der Waals surface area contributed by atoms with Gasteiger partial charge in [0.2, 0.25) is 0 Å². The lowest BCUT2D eigenvalue weighted by atomic mass is 9.78. The first-order chi connectivity index (χ1) is 14.9. The van der Waals surface area contributed by atoms with E-state index in [9.17, 15) is 9.90 Å². The van der Waals surface area contributed by atoms with Crippen LogP contribution in [0.4, 0.5) is 0 Å². The fourth-order valence-electron chi connectivity index (χ4n) is 4.63. The van der Waals surface area contributed by atoms with Gasteiger partial charge in [-0.15, -0.1) is 0 Å². The van der Waals surface area contributed by atoms with Crippen LogP contribution in [0.25, 0.3) is 11.1 Å². The Hall–Kier alpha value is -2.39. The maximum atomic E-state index is 11.7. The van der Waals surface area contributed by atoms with E-state index in [0.29, 0.717) is 30.9 Å². The first-order valence-corrected chi connectivity index (χ1v) is 11.5. The second kappa shape index (κ2) is 10.8. The Morgan fingerprint density at radius 3 is 2.45 bits per heavy atom. The quantitative estimate of drug-likeness (QED) is 0.411. The van der Waals surface area contributed by atoms with Crippen LogP contribution in [-0.4, -0.2) is 24.3 Å². The van der Waals surface area contributed by atoms with Gasteiger partial charge in [-0.2, -0.15) is 0 Å². The molecule has 3 rings (SSSR count). The molecule has 1 fully saturated rings. The number of esters is 1. The fraction of sp³-hybridized carbons (Fsp3) is 0.464. The van der Waals surface area contributed by atoms with Crippen LogP contribution in [-0.2, 0) is 22.4 Å². The van der Waals surface area contributed by atoms with E-state index in [0.717, 1.165) is 17.0 Å². The van der Waals surface area contributed by atoms with Gasteiger partial charge in [0, 0.05) is 18.6 Å². The van der Waals surface area contributed by atoms with Gasteiger partial charge in [-0.25, -0.2) is 4.79 Å². The minimum atomic E-state index is -0.358. The second-order valence-corrected chi connectivity index (χ2v) is 9.15. The molecule has 2 aromatic rings. The van der Waals surface area contributed by atoms with Gasteiger partial charge in [-0.3, -0.25) is 0 Å². The molecule has 1 saturated carbocycles. The topological polar surface area (TPSA) is 46.5 Å². The summed E-state index contributed by atoms with van der Waals surface area (Å²) < 4.78 is 5.30. The fourth-order valence-corrected chi connectivity index (χ4v) is 4.63. The predicted octanol–water partition coefficient (Wildman–Crippen LogP) is 6.15. The van der Waals surface area contributed by atoms with Crippen LogP contribution >= 0.6 is 0 Å². The third-order valence-corrected chi connectivity index (χ3v) is 6.59. The van der Waals surface area contributed by atoms with Gasteiger partial charge in [0.25, 0.3) is 0 Å². The highest BCUT2D eigenvalue weighted by Gasteiger charge is 2.20. The smallest absolute Gasteiger partial charge is 0.333 e. The molecule has 0 bridgehead atoms. The maximum Gasteiger partial charge on any atom is 0.333 e. The monoisotopic (exact) mass is 420 g/mol. The zero-order valence-corrected chi connectivity index (χ0v) is 19.2. The van der Waals surface area contributed by atoms with Crippen LogP contribution in [0.1, 0.15) is 67.7 Å². The summed E-state index contributed by atoms with van der Waals surface area (Å²) in [5.41, 5.74) is 7.80. The lowest BCUT2D eigenvalue weighted by molar-refractivity contribution is -0.138. The van der Waals surface area contributed by atoms with Gasteiger partial charge in [0.05, 0.1) is 6.61 Å². The Kier molecular flexibility index (Phi) is 8.09. The summed E-state index contributed by atoms with van der Waals surface area (Å²) in [6.45, 7) is 10.3. The van der Waals surface area contributed by atoms with E-state index in [1.807, 2.05) is 0 Å². The molecule has 0 amide bonds. The van der Waals surface area contributed by atoms with Crippen molar-refractivity contribution >= 4 is 5.97 Å². The number of carbonyl (C=O) groups excluding carboxylic acids is 1. The molecule has 2 aromatic carbocycles. The number of aryl methyl sites for hydroxylation is 1. The Balaban J connectivity index is 1.79. The van der Waals surface area contributed by atoms with Crippen molar-refractivity contribution in [3.05, 3.63) is 70.8 Å². The molecule has 3 nitrogen and oxygen atoms in total. The van der Waals surface area contributed by atoms with Crippen LogP contribution in [0.15, 0.2) is 48.6 Å². The average molecular weight is 421 g/mol. The summed E-state index contributed by atoms with van der Waals surface area (Å²) in [7, 11) is 0. The van der Waals surface area contributed by atoms with Gasteiger partial charge in [-0.1, -0.05) is 62.7 Å².